The van der Waals surface area contributed by atoms with Crippen LogP contribution in [-0.2, 0) is 9.53 Å². The number of hydrogen-bond acceptors (Lipinski definition) is 6. The molecule has 1 N–H and O–H groups in total. The van der Waals surface area contributed by atoms with Crippen molar-refractivity contribution >= 4 is 39.1 Å². The second kappa shape index (κ2) is 8.46. The number of ether oxygens (including phenoxy) is 1. The lowest BCUT2D eigenvalue weighted by Gasteiger charge is -2.27. The molecule has 138 valence electrons. The fourth-order valence-corrected chi connectivity index (χ4v) is 3.78. The van der Waals surface area contributed by atoms with E-state index in [0.29, 0.717) is 27.4 Å². The van der Waals surface area contributed by atoms with Crippen LogP contribution in [0.2, 0.25) is 0 Å². The zero-order valence-electron chi connectivity index (χ0n) is 14.3. The fourth-order valence-electron chi connectivity index (χ4n) is 2.75. The predicted molar refractivity (Wildman–Crippen MR) is 106 cm³/mol. The van der Waals surface area contributed by atoms with Crippen molar-refractivity contribution in [3.8, 4) is 12.3 Å². The Kier molecular flexibility index (Phi) is 6.04. The van der Waals surface area contributed by atoms with Crippen LogP contribution in [0.1, 0.15) is 29.1 Å². The average molecular weight is 448 g/mol. The van der Waals surface area contributed by atoms with Crippen molar-refractivity contribution in [1.29, 1.82) is 0 Å². The molecule has 0 saturated heterocycles. The van der Waals surface area contributed by atoms with Crippen LogP contribution in [0.25, 0.3) is 0 Å². The number of esters is 1. The molecule has 1 aliphatic heterocycles. The maximum atomic E-state index is 14.3. The fraction of sp³-hybridized carbons (Fsp3) is 0.211. The van der Waals surface area contributed by atoms with Crippen LogP contribution in [0.4, 0.5) is 4.39 Å². The number of rotatable bonds is 5. The Morgan fingerprint density at radius 1 is 1.52 bits per heavy atom. The van der Waals surface area contributed by atoms with Crippen molar-refractivity contribution in [3.05, 3.63) is 63.0 Å². The number of aromatic nitrogens is 1. The number of allylic oxidation sites excluding steroid dienone is 1. The molecule has 0 bridgehead atoms. The molecule has 1 aromatic carbocycles. The molecule has 1 aromatic heterocycles. The van der Waals surface area contributed by atoms with Crippen molar-refractivity contribution in [2.45, 2.75) is 13.0 Å². The molecule has 0 radical (unpaired) electrons. The number of thiazole rings is 1. The molecule has 0 amide bonds. The largest absolute Gasteiger partial charge is 0.463 e. The molecule has 2 heterocycles. The third-order valence-corrected chi connectivity index (χ3v) is 5.22. The molecular weight excluding hydrogens is 433 g/mol. The first-order valence-electron chi connectivity index (χ1n) is 8.06. The highest BCUT2D eigenvalue weighted by atomic mass is 79.9. The van der Waals surface area contributed by atoms with Crippen LogP contribution in [0.3, 0.4) is 0 Å². The van der Waals surface area contributed by atoms with Gasteiger partial charge in [0.05, 0.1) is 17.7 Å². The summed E-state index contributed by atoms with van der Waals surface area (Å²) in [4.78, 5) is 21.6. The average Bonchev–Trinajstić information content (AvgIpc) is 3.21. The summed E-state index contributed by atoms with van der Waals surface area (Å²) in [5, 5.41) is 5.96. The Balaban J connectivity index is 2.21. The highest BCUT2D eigenvalue weighted by molar-refractivity contribution is 9.09. The summed E-state index contributed by atoms with van der Waals surface area (Å²) in [6.07, 6.45) is 7.19. The number of nitrogens with one attached hydrogen (secondary N) is 1. The van der Waals surface area contributed by atoms with E-state index in [9.17, 15) is 9.18 Å². The van der Waals surface area contributed by atoms with Gasteiger partial charge in [0.25, 0.3) is 0 Å². The highest BCUT2D eigenvalue weighted by Crippen LogP contribution is 2.35. The van der Waals surface area contributed by atoms with Crippen LogP contribution < -0.4 is 5.32 Å². The maximum absolute atomic E-state index is 14.3. The highest BCUT2D eigenvalue weighted by Gasteiger charge is 2.34. The third kappa shape index (κ3) is 3.80. The Bertz CT molecular complexity index is 964. The Hall–Kier alpha value is -2.50. The monoisotopic (exact) mass is 447 g/mol. The van der Waals surface area contributed by atoms with E-state index in [-0.39, 0.29) is 17.7 Å². The Labute approximate surface area is 168 Å². The van der Waals surface area contributed by atoms with Crippen LogP contribution in [0.15, 0.2) is 46.0 Å². The molecule has 1 atom stereocenters. The molecule has 0 spiro atoms. The quantitative estimate of drug-likeness (QED) is 0.432. The Morgan fingerprint density at radius 3 is 2.96 bits per heavy atom. The normalized spacial score (nSPS) is 16.4. The molecule has 0 aliphatic carbocycles. The first-order valence-corrected chi connectivity index (χ1v) is 10.1. The maximum Gasteiger partial charge on any atom is 0.338 e. The van der Waals surface area contributed by atoms with Gasteiger partial charge in [0.1, 0.15) is 11.9 Å². The second-order valence-corrected chi connectivity index (χ2v) is 6.89. The molecule has 5 nitrogen and oxygen atoms in total. The van der Waals surface area contributed by atoms with Crippen molar-refractivity contribution in [2.24, 2.45) is 4.99 Å². The topological polar surface area (TPSA) is 63.6 Å². The van der Waals surface area contributed by atoms with Gasteiger partial charge in [0.15, 0.2) is 10.8 Å². The molecule has 1 aliphatic rings. The van der Waals surface area contributed by atoms with Gasteiger partial charge in [0.2, 0.25) is 0 Å². The number of carbonyl (C=O) groups excluding carboxylic acids is 1. The van der Waals surface area contributed by atoms with Crippen molar-refractivity contribution < 1.29 is 13.9 Å². The van der Waals surface area contributed by atoms with Crippen LogP contribution in [0, 0.1) is 18.2 Å². The summed E-state index contributed by atoms with van der Waals surface area (Å²) in [6, 6.07) is 3.69. The van der Waals surface area contributed by atoms with Gasteiger partial charge >= 0.3 is 5.97 Å². The van der Waals surface area contributed by atoms with Crippen LogP contribution in [0.5, 0.6) is 0 Å². The van der Waals surface area contributed by atoms with E-state index in [1.165, 1.54) is 17.4 Å². The van der Waals surface area contributed by atoms with E-state index in [4.69, 9.17) is 11.2 Å². The zero-order chi connectivity index (χ0) is 19.4. The van der Waals surface area contributed by atoms with Gasteiger partial charge < -0.3 is 10.1 Å². The number of nitrogens with zero attached hydrogens (tertiary/aromatic N) is 2. The number of terminal acetylenes is 1. The summed E-state index contributed by atoms with van der Waals surface area (Å²) < 4.78 is 19.5. The van der Waals surface area contributed by atoms with E-state index in [0.717, 1.165) is 0 Å². The van der Waals surface area contributed by atoms with Gasteiger partial charge in [0, 0.05) is 22.6 Å². The standard InChI is InChI=1S/C19H15BrFN3O2S/c1-3-11-12(6-5-7-13(11)21)16-15(19(25)26-4-2)14(10-20)23-17(24-16)18-22-8-9-27-18/h1,5-9,16H,4,10H2,2H3,(H,23,24)/t16-/m0/s1. The summed E-state index contributed by atoms with van der Waals surface area (Å²) in [5.41, 5.74) is 1.36. The van der Waals surface area contributed by atoms with Gasteiger partial charge in [-0.1, -0.05) is 34.0 Å². The summed E-state index contributed by atoms with van der Waals surface area (Å²) in [6.45, 7) is 1.93. The first-order chi connectivity index (χ1) is 13.1. The first kappa shape index (κ1) is 19.3. The number of amidine groups is 1. The minimum absolute atomic E-state index is 0.0716. The molecule has 3 rings (SSSR count). The number of hydrogen-bond donors (Lipinski definition) is 1. The Morgan fingerprint density at radius 2 is 2.33 bits per heavy atom. The lowest BCUT2D eigenvalue weighted by molar-refractivity contribution is -0.138. The number of benzene rings is 1. The molecule has 0 fully saturated rings. The van der Waals surface area contributed by atoms with E-state index < -0.39 is 17.8 Å². The zero-order valence-corrected chi connectivity index (χ0v) is 16.7. The van der Waals surface area contributed by atoms with E-state index in [1.54, 1.807) is 25.3 Å². The van der Waals surface area contributed by atoms with Gasteiger partial charge in [-0.05, 0) is 18.6 Å². The predicted octanol–water partition coefficient (Wildman–Crippen LogP) is 3.57. The van der Waals surface area contributed by atoms with Gasteiger partial charge in [-0.2, -0.15) is 0 Å². The molecule has 2 aromatic rings. The summed E-state index contributed by atoms with van der Waals surface area (Å²) >= 11 is 4.80. The summed E-state index contributed by atoms with van der Waals surface area (Å²) in [5.74, 6) is 1.79. The summed E-state index contributed by atoms with van der Waals surface area (Å²) in [7, 11) is 0. The van der Waals surface area contributed by atoms with Gasteiger partial charge in [-0.15, -0.1) is 17.8 Å². The van der Waals surface area contributed by atoms with Crippen LogP contribution >= 0.6 is 27.3 Å². The molecule has 8 heteroatoms. The SMILES string of the molecule is C#Cc1c(F)cccc1[C@@H]1N=C(c2nccs2)NC(CBr)=C1C(=O)OCC. The van der Waals surface area contributed by atoms with Gasteiger partial charge in [-0.3, -0.25) is 4.99 Å². The molecule has 0 unspecified atom stereocenters. The third-order valence-electron chi connectivity index (χ3n) is 3.87. The van der Waals surface area contributed by atoms with E-state index in [1.807, 2.05) is 5.38 Å². The molecule has 0 saturated carbocycles. The number of aliphatic imine (C=N–C) groups is 1. The number of halogens is 2. The number of carbonyl (C=O) groups is 1. The second-order valence-electron chi connectivity index (χ2n) is 5.44. The van der Waals surface area contributed by atoms with E-state index in [2.05, 4.69) is 37.1 Å². The number of alkyl halides is 1. The minimum Gasteiger partial charge on any atom is -0.463 e. The van der Waals surface area contributed by atoms with E-state index >= 15 is 0 Å². The van der Waals surface area contributed by atoms with Crippen molar-refractivity contribution in [1.82, 2.24) is 10.3 Å². The van der Waals surface area contributed by atoms with Crippen molar-refractivity contribution in [2.75, 3.05) is 11.9 Å². The lowest BCUT2D eigenvalue weighted by Crippen LogP contribution is -2.34. The lowest BCUT2D eigenvalue weighted by atomic mass is 9.92. The molecule has 27 heavy (non-hydrogen) atoms. The smallest absolute Gasteiger partial charge is 0.338 e. The van der Waals surface area contributed by atoms with Gasteiger partial charge in [-0.25, -0.2) is 14.2 Å². The van der Waals surface area contributed by atoms with Crippen molar-refractivity contribution in [3.63, 3.8) is 0 Å². The minimum atomic E-state index is -0.807. The van der Waals surface area contributed by atoms with Crippen LogP contribution in [-0.4, -0.2) is 28.7 Å². The molecular formula is C19H15BrFN3O2S.